The highest BCUT2D eigenvalue weighted by molar-refractivity contribution is 7.92. The van der Waals surface area contributed by atoms with E-state index in [1.54, 1.807) is 6.07 Å². The molecule has 5 nitrogen and oxygen atoms in total. The Labute approximate surface area is 114 Å². The molecule has 0 unspecified atom stereocenters. The number of fused-ring (bicyclic) bond motifs is 1. The first kappa shape index (κ1) is 14.1. The Bertz CT molecular complexity index is 541. The number of sulfonamides is 1. The molecule has 6 heteroatoms. The van der Waals surface area contributed by atoms with Crippen LogP contribution in [-0.2, 0) is 21.2 Å². The third-order valence-corrected chi connectivity index (χ3v) is 4.14. The van der Waals surface area contributed by atoms with E-state index in [1.165, 1.54) is 0 Å². The molecule has 0 atom stereocenters. The Hall–Kier alpha value is -1.27. The monoisotopic (exact) mass is 284 g/mol. The second kappa shape index (κ2) is 5.79. The maximum Gasteiger partial charge on any atom is 0.235 e. The average Bonchev–Trinajstić information content (AvgIpc) is 2.74. The Morgan fingerprint density at radius 1 is 1.42 bits per heavy atom. The lowest BCUT2D eigenvalue weighted by Crippen LogP contribution is -2.21. The van der Waals surface area contributed by atoms with Gasteiger partial charge in [-0.15, -0.1) is 0 Å². The first-order chi connectivity index (χ1) is 8.96. The van der Waals surface area contributed by atoms with Gasteiger partial charge in [0.25, 0.3) is 0 Å². The number of anilines is 2. The van der Waals surface area contributed by atoms with Crippen LogP contribution in [0.4, 0.5) is 11.4 Å². The van der Waals surface area contributed by atoms with Crippen LogP contribution in [0, 0.1) is 0 Å². The van der Waals surface area contributed by atoms with Gasteiger partial charge >= 0.3 is 0 Å². The van der Waals surface area contributed by atoms with Crippen LogP contribution in [0.2, 0.25) is 0 Å². The zero-order valence-corrected chi connectivity index (χ0v) is 12.1. The molecule has 19 heavy (non-hydrogen) atoms. The quantitative estimate of drug-likeness (QED) is 0.836. The highest BCUT2D eigenvalue weighted by Gasteiger charge is 2.14. The van der Waals surface area contributed by atoms with Gasteiger partial charge in [-0.3, -0.25) is 4.72 Å². The normalized spacial score (nSPS) is 14.3. The summed E-state index contributed by atoms with van der Waals surface area (Å²) in [5, 5.41) is 3.24. The standard InChI is InChI=1S/C13H20N2O3S/c1-10(2)18-7-8-19(16,17)15-12-3-4-13-11(9-12)5-6-14-13/h3-4,9-10,14-15H,5-8H2,1-2H3. The molecule has 1 heterocycles. The molecule has 0 amide bonds. The van der Waals surface area contributed by atoms with Crippen LogP contribution in [0.5, 0.6) is 0 Å². The molecule has 0 saturated heterocycles. The van der Waals surface area contributed by atoms with Gasteiger partial charge in [-0.1, -0.05) is 0 Å². The molecule has 2 rings (SSSR count). The zero-order valence-electron chi connectivity index (χ0n) is 11.3. The maximum absolute atomic E-state index is 11.9. The van der Waals surface area contributed by atoms with E-state index >= 15 is 0 Å². The summed E-state index contributed by atoms with van der Waals surface area (Å²) in [5.74, 6) is -0.0273. The third-order valence-electron chi connectivity index (χ3n) is 2.89. The van der Waals surface area contributed by atoms with Crippen molar-refractivity contribution in [1.82, 2.24) is 0 Å². The lowest BCUT2D eigenvalue weighted by atomic mass is 10.1. The van der Waals surface area contributed by atoms with E-state index in [9.17, 15) is 8.42 Å². The third kappa shape index (κ3) is 4.11. The summed E-state index contributed by atoms with van der Waals surface area (Å²) in [6, 6.07) is 5.57. The van der Waals surface area contributed by atoms with Crippen molar-refractivity contribution in [3.8, 4) is 0 Å². The van der Waals surface area contributed by atoms with Crippen LogP contribution >= 0.6 is 0 Å². The largest absolute Gasteiger partial charge is 0.384 e. The van der Waals surface area contributed by atoms with Gasteiger partial charge in [-0.25, -0.2) is 8.42 Å². The number of ether oxygens (including phenoxy) is 1. The minimum atomic E-state index is -3.34. The Morgan fingerprint density at radius 3 is 2.95 bits per heavy atom. The predicted molar refractivity (Wildman–Crippen MR) is 77.1 cm³/mol. The van der Waals surface area contributed by atoms with Gasteiger partial charge in [0.05, 0.1) is 18.5 Å². The minimum absolute atomic E-state index is 0.0273. The van der Waals surface area contributed by atoms with Crippen molar-refractivity contribution >= 4 is 21.4 Å². The van der Waals surface area contributed by atoms with E-state index < -0.39 is 10.0 Å². The number of rotatable bonds is 6. The molecule has 106 valence electrons. The van der Waals surface area contributed by atoms with E-state index in [2.05, 4.69) is 10.0 Å². The molecule has 1 aromatic carbocycles. The van der Waals surface area contributed by atoms with Crippen molar-refractivity contribution in [2.45, 2.75) is 26.4 Å². The SMILES string of the molecule is CC(C)OCCS(=O)(=O)Nc1ccc2c(c1)CCN2. The molecule has 1 aromatic rings. The van der Waals surface area contributed by atoms with Crippen molar-refractivity contribution in [1.29, 1.82) is 0 Å². The van der Waals surface area contributed by atoms with Gasteiger partial charge in [0.15, 0.2) is 0 Å². The summed E-state index contributed by atoms with van der Waals surface area (Å²) >= 11 is 0. The lowest BCUT2D eigenvalue weighted by molar-refractivity contribution is 0.0913. The van der Waals surface area contributed by atoms with E-state index in [-0.39, 0.29) is 18.5 Å². The summed E-state index contributed by atoms with van der Waals surface area (Å²) < 4.78 is 31.6. The summed E-state index contributed by atoms with van der Waals surface area (Å²) in [4.78, 5) is 0. The zero-order chi connectivity index (χ0) is 13.9. The molecule has 1 aliphatic heterocycles. The van der Waals surface area contributed by atoms with E-state index in [1.807, 2.05) is 26.0 Å². The van der Waals surface area contributed by atoms with E-state index in [0.717, 1.165) is 24.2 Å². The van der Waals surface area contributed by atoms with Crippen LogP contribution in [0.1, 0.15) is 19.4 Å². The summed E-state index contributed by atoms with van der Waals surface area (Å²) in [6.45, 7) is 4.88. The van der Waals surface area contributed by atoms with Crippen LogP contribution in [0.3, 0.4) is 0 Å². The van der Waals surface area contributed by atoms with Gasteiger partial charge < -0.3 is 10.1 Å². The molecule has 0 saturated carbocycles. The van der Waals surface area contributed by atoms with Crippen molar-refractivity contribution in [3.05, 3.63) is 23.8 Å². The van der Waals surface area contributed by atoms with Gasteiger partial charge in [0.2, 0.25) is 10.0 Å². The van der Waals surface area contributed by atoms with E-state index in [0.29, 0.717) is 5.69 Å². The van der Waals surface area contributed by atoms with Gasteiger partial charge in [-0.05, 0) is 44.0 Å². The van der Waals surface area contributed by atoms with Crippen molar-refractivity contribution < 1.29 is 13.2 Å². The van der Waals surface area contributed by atoms with Crippen LogP contribution < -0.4 is 10.0 Å². The molecule has 0 spiro atoms. The summed E-state index contributed by atoms with van der Waals surface area (Å²) in [5.41, 5.74) is 2.86. The second-order valence-electron chi connectivity index (χ2n) is 4.89. The van der Waals surface area contributed by atoms with Crippen molar-refractivity contribution in [2.24, 2.45) is 0 Å². The molecule has 1 aliphatic rings. The molecule has 0 aliphatic carbocycles. The van der Waals surface area contributed by atoms with Crippen molar-refractivity contribution in [3.63, 3.8) is 0 Å². The fourth-order valence-corrected chi connectivity index (χ4v) is 2.90. The fraction of sp³-hybridized carbons (Fsp3) is 0.538. The fourth-order valence-electron chi connectivity index (χ4n) is 1.99. The Balaban J connectivity index is 1.96. The molecule has 2 N–H and O–H groups in total. The van der Waals surface area contributed by atoms with E-state index in [4.69, 9.17) is 4.74 Å². The number of hydrogen-bond acceptors (Lipinski definition) is 4. The lowest BCUT2D eigenvalue weighted by Gasteiger charge is -2.11. The molecule has 0 aromatic heterocycles. The number of benzene rings is 1. The van der Waals surface area contributed by atoms with Crippen LogP contribution in [-0.4, -0.2) is 33.4 Å². The molecular formula is C13H20N2O3S. The first-order valence-corrected chi connectivity index (χ1v) is 8.10. The number of hydrogen-bond donors (Lipinski definition) is 2. The maximum atomic E-state index is 11.9. The smallest absolute Gasteiger partial charge is 0.235 e. The van der Waals surface area contributed by atoms with Crippen molar-refractivity contribution in [2.75, 3.05) is 28.9 Å². The van der Waals surface area contributed by atoms with Crippen LogP contribution in [0.15, 0.2) is 18.2 Å². The highest BCUT2D eigenvalue weighted by atomic mass is 32.2. The average molecular weight is 284 g/mol. The molecule has 0 bridgehead atoms. The summed E-state index contributed by atoms with van der Waals surface area (Å²) in [7, 11) is -3.34. The topological polar surface area (TPSA) is 67.4 Å². The minimum Gasteiger partial charge on any atom is -0.384 e. The van der Waals surface area contributed by atoms with Crippen LogP contribution in [0.25, 0.3) is 0 Å². The second-order valence-corrected chi connectivity index (χ2v) is 6.73. The molecule has 0 radical (unpaired) electrons. The molecular weight excluding hydrogens is 264 g/mol. The van der Waals surface area contributed by atoms with Gasteiger partial charge in [0, 0.05) is 17.9 Å². The highest BCUT2D eigenvalue weighted by Crippen LogP contribution is 2.25. The Morgan fingerprint density at radius 2 is 2.21 bits per heavy atom. The Kier molecular flexibility index (Phi) is 4.31. The molecule has 0 fully saturated rings. The van der Waals surface area contributed by atoms with Gasteiger partial charge in [0.1, 0.15) is 0 Å². The predicted octanol–water partition coefficient (Wildman–Crippen LogP) is 1.82. The summed E-state index contributed by atoms with van der Waals surface area (Å²) in [6.07, 6.45) is 0.975. The number of nitrogens with one attached hydrogen (secondary N) is 2. The first-order valence-electron chi connectivity index (χ1n) is 6.45. The van der Waals surface area contributed by atoms with Gasteiger partial charge in [-0.2, -0.15) is 0 Å².